The Kier molecular flexibility index (Phi) is 1.97. The highest BCUT2D eigenvalue weighted by Crippen LogP contribution is 2.17. The highest BCUT2D eigenvalue weighted by molar-refractivity contribution is 6.30. The Morgan fingerprint density at radius 2 is 2.30 bits per heavy atom. The molecule has 0 fully saturated rings. The minimum Gasteiger partial charge on any atom is -0.391 e. The lowest BCUT2D eigenvalue weighted by molar-refractivity contribution is 0.281. The second kappa shape index (κ2) is 2.60. The van der Waals surface area contributed by atoms with Crippen LogP contribution in [-0.2, 0) is 13.7 Å². The summed E-state index contributed by atoms with van der Waals surface area (Å²) in [5.74, 6) is 0. The predicted molar refractivity (Wildman–Crippen MR) is 38.9 cm³/mol. The molecule has 1 N–H and O–H groups in total. The molecule has 0 unspecified atom stereocenters. The normalized spacial score (nSPS) is 10.4. The molecule has 3 nitrogen and oxygen atoms in total. The molecule has 1 aromatic heterocycles. The maximum atomic E-state index is 8.77. The van der Waals surface area contributed by atoms with Crippen LogP contribution in [0, 0.1) is 6.92 Å². The predicted octanol–water partition coefficient (Wildman–Crippen LogP) is 0.874. The maximum Gasteiger partial charge on any atom is 0.132 e. The van der Waals surface area contributed by atoms with Gasteiger partial charge in [-0.1, -0.05) is 11.6 Å². The number of aliphatic hydroxyl groups is 1. The van der Waals surface area contributed by atoms with Gasteiger partial charge in [0, 0.05) is 12.6 Å². The summed E-state index contributed by atoms with van der Waals surface area (Å²) in [5.41, 5.74) is 1.50. The Morgan fingerprint density at radius 1 is 1.70 bits per heavy atom. The largest absolute Gasteiger partial charge is 0.391 e. The van der Waals surface area contributed by atoms with E-state index in [2.05, 4.69) is 5.10 Å². The van der Waals surface area contributed by atoms with Crippen molar-refractivity contribution in [2.75, 3.05) is 0 Å². The van der Waals surface area contributed by atoms with Crippen LogP contribution in [0.25, 0.3) is 0 Å². The van der Waals surface area contributed by atoms with E-state index < -0.39 is 0 Å². The topological polar surface area (TPSA) is 38.0 Å². The molecular weight excluding hydrogens is 152 g/mol. The quantitative estimate of drug-likeness (QED) is 0.662. The first-order valence-corrected chi connectivity index (χ1v) is 3.33. The number of aryl methyl sites for hydroxylation is 2. The van der Waals surface area contributed by atoms with Gasteiger partial charge in [-0.2, -0.15) is 5.10 Å². The number of aromatic nitrogens is 2. The summed E-state index contributed by atoms with van der Waals surface area (Å²) in [7, 11) is 1.74. The van der Waals surface area contributed by atoms with E-state index >= 15 is 0 Å². The summed E-state index contributed by atoms with van der Waals surface area (Å²) < 4.78 is 1.54. The Labute approximate surface area is 64.2 Å². The average Bonchev–Trinajstić information content (AvgIpc) is 2.09. The fourth-order valence-electron chi connectivity index (χ4n) is 0.853. The number of rotatable bonds is 1. The third-order valence-electron chi connectivity index (χ3n) is 1.43. The monoisotopic (exact) mass is 160 g/mol. The molecule has 4 heteroatoms. The molecule has 0 aliphatic heterocycles. The zero-order valence-electron chi connectivity index (χ0n) is 5.93. The van der Waals surface area contributed by atoms with E-state index in [0.29, 0.717) is 10.7 Å². The molecule has 0 aromatic carbocycles. The van der Waals surface area contributed by atoms with Crippen molar-refractivity contribution in [1.29, 1.82) is 0 Å². The standard InChI is InChI=1S/C6H9ClN2O/c1-4-5(3-10)6(7)9(2)8-4/h10H,3H2,1-2H3. The van der Waals surface area contributed by atoms with Gasteiger partial charge in [0.2, 0.25) is 0 Å². The smallest absolute Gasteiger partial charge is 0.132 e. The highest BCUT2D eigenvalue weighted by atomic mass is 35.5. The van der Waals surface area contributed by atoms with Crippen molar-refractivity contribution in [3.63, 3.8) is 0 Å². The minimum atomic E-state index is -0.0431. The van der Waals surface area contributed by atoms with Gasteiger partial charge in [0.15, 0.2) is 0 Å². The van der Waals surface area contributed by atoms with E-state index in [9.17, 15) is 0 Å². The Morgan fingerprint density at radius 3 is 2.50 bits per heavy atom. The second-order valence-electron chi connectivity index (χ2n) is 2.14. The Bertz CT molecular complexity index is 244. The van der Waals surface area contributed by atoms with Gasteiger partial charge in [0.05, 0.1) is 12.3 Å². The van der Waals surface area contributed by atoms with Crippen molar-refractivity contribution in [3.8, 4) is 0 Å². The van der Waals surface area contributed by atoms with Crippen LogP contribution in [0.15, 0.2) is 0 Å². The van der Waals surface area contributed by atoms with Crippen LogP contribution >= 0.6 is 11.6 Å². The molecule has 0 spiro atoms. The molecule has 0 aliphatic carbocycles. The third-order valence-corrected chi connectivity index (χ3v) is 1.90. The average molecular weight is 161 g/mol. The number of hydrogen-bond acceptors (Lipinski definition) is 2. The molecule has 0 atom stereocenters. The maximum absolute atomic E-state index is 8.77. The molecule has 1 heterocycles. The van der Waals surface area contributed by atoms with E-state index in [1.807, 2.05) is 6.92 Å². The van der Waals surface area contributed by atoms with E-state index in [-0.39, 0.29) is 6.61 Å². The number of halogens is 1. The highest BCUT2D eigenvalue weighted by Gasteiger charge is 2.08. The fraction of sp³-hybridized carbons (Fsp3) is 0.500. The van der Waals surface area contributed by atoms with E-state index in [1.54, 1.807) is 11.7 Å². The molecule has 1 rings (SSSR count). The Hall–Kier alpha value is -0.540. The molecule has 0 saturated carbocycles. The lowest BCUT2D eigenvalue weighted by atomic mass is 10.3. The SMILES string of the molecule is Cc1nn(C)c(Cl)c1CO. The number of nitrogens with zero attached hydrogens (tertiary/aromatic N) is 2. The fourth-order valence-corrected chi connectivity index (χ4v) is 1.09. The van der Waals surface area contributed by atoms with E-state index in [4.69, 9.17) is 16.7 Å². The molecular formula is C6H9ClN2O. The van der Waals surface area contributed by atoms with Crippen LogP contribution in [0.4, 0.5) is 0 Å². The zero-order chi connectivity index (χ0) is 7.72. The number of aliphatic hydroxyl groups excluding tert-OH is 1. The van der Waals surface area contributed by atoms with Crippen LogP contribution < -0.4 is 0 Å². The first-order chi connectivity index (χ1) is 4.66. The van der Waals surface area contributed by atoms with Crippen LogP contribution in [0.2, 0.25) is 5.15 Å². The van der Waals surface area contributed by atoms with Crippen molar-refractivity contribution >= 4 is 11.6 Å². The van der Waals surface area contributed by atoms with Crippen LogP contribution in [0.1, 0.15) is 11.3 Å². The molecule has 0 amide bonds. The van der Waals surface area contributed by atoms with Crippen molar-refractivity contribution < 1.29 is 5.11 Å². The molecule has 0 bridgehead atoms. The first kappa shape index (κ1) is 7.57. The molecule has 1 aromatic rings. The summed E-state index contributed by atoms with van der Waals surface area (Å²) in [6.07, 6.45) is 0. The van der Waals surface area contributed by atoms with Gasteiger partial charge < -0.3 is 5.11 Å². The minimum absolute atomic E-state index is 0.0431. The summed E-state index contributed by atoms with van der Waals surface area (Å²) in [6.45, 7) is 1.77. The number of hydrogen-bond donors (Lipinski definition) is 1. The van der Waals surface area contributed by atoms with Gasteiger partial charge in [0.1, 0.15) is 5.15 Å². The van der Waals surface area contributed by atoms with Gasteiger partial charge >= 0.3 is 0 Å². The lowest BCUT2D eigenvalue weighted by Gasteiger charge is -1.91. The van der Waals surface area contributed by atoms with Gasteiger partial charge in [-0.3, -0.25) is 4.68 Å². The van der Waals surface area contributed by atoms with Crippen molar-refractivity contribution in [1.82, 2.24) is 9.78 Å². The zero-order valence-corrected chi connectivity index (χ0v) is 6.68. The van der Waals surface area contributed by atoms with Crippen LogP contribution in [0.5, 0.6) is 0 Å². The molecule has 56 valence electrons. The third kappa shape index (κ3) is 1.02. The summed E-state index contributed by atoms with van der Waals surface area (Å²) in [4.78, 5) is 0. The van der Waals surface area contributed by atoms with Gasteiger partial charge in [0.25, 0.3) is 0 Å². The van der Waals surface area contributed by atoms with Crippen molar-refractivity contribution in [2.45, 2.75) is 13.5 Å². The van der Waals surface area contributed by atoms with Gasteiger partial charge in [-0.05, 0) is 6.92 Å². The summed E-state index contributed by atoms with van der Waals surface area (Å²) >= 11 is 5.75. The van der Waals surface area contributed by atoms with Crippen molar-refractivity contribution in [2.24, 2.45) is 7.05 Å². The summed E-state index contributed by atoms with van der Waals surface area (Å²) in [5, 5.41) is 13.3. The lowest BCUT2D eigenvalue weighted by Crippen LogP contribution is -1.89. The van der Waals surface area contributed by atoms with Crippen LogP contribution in [-0.4, -0.2) is 14.9 Å². The molecule has 0 saturated heterocycles. The Balaban J connectivity index is 3.20. The van der Waals surface area contributed by atoms with Crippen LogP contribution in [0.3, 0.4) is 0 Å². The van der Waals surface area contributed by atoms with Crippen molar-refractivity contribution in [3.05, 3.63) is 16.4 Å². The molecule has 0 radical (unpaired) electrons. The van der Waals surface area contributed by atoms with E-state index in [1.165, 1.54) is 0 Å². The van der Waals surface area contributed by atoms with Gasteiger partial charge in [-0.15, -0.1) is 0 Å². The van der Waals surface area contributed by atoms with Gasteiger partial charge in [-0.25, -0.2) is 0 Å². The molecule has 10 heavy (non-hydrogen) atoms. The summed E-state index contributed by atoms with van der Waals surface area (Å²) in [6, 6.07) is 0. The van der Waals surface area contributed by atoms with E-state index in [0.717, 1.165) is 5.69 Å². The first-order valence-electron chi connectivity index (χ1n) is 2.95. The molecule has 0 aliphatic rings. The second-order valence-corrected chi connectivity index (χ2v) is 2.49.